The van der Waals surface area contributed by atoms with Gasteiger partial charge in [-0.2, -0.15) is 0 Å². The Hall–Kier alpha value is 0.922. The summed E-state index contributed by atoms with van der Waals surface area (Å²) in [6, 6.07) is 21.4. The van der Waals surface area contributed by atoms with E-state index < -0.39 is 0 Å². The molecule has 2 rings (SSSR count). The van der Waals surface area contributed by atoms with Gasteiger partial charge in [0.2, 0.25) is 0 Å². The first kappa shape index (κ1) is 19.0. The SMILES string of the molecule is BrC(Br)(CCPc1ccccc1)Pc1ccccc1.[Pd]. The van der Waals surface area contributed by atoms with E-state index in [0.29, 0.717) is 0 Å². The number of alkyl halides is 2. The number of hydrogen-bond donors (Lipinski definition) is 0. The molecular weight excluding hydrogens is 508 g/mol. The van der Waals surface area contributed by atoms with Gasteiger partial charge in [-0.3, -0.25) is 0 Å². The van der Waals surface area contributed by atoms with Gasteiger partial charge in [-0.1, -0.05) is 110 Å². The van der Waals surface area contributed by atoms with Gasteiger partial charge >= 0.3 is 0 Å². The van der Waals surface area contributed by atoms with Crippen LogP contribution >= 0.6 is 49.0 Å². The van der Waals surface area contributed by atoms with Crippen LogP contribution in [0.15, 0.2) is 60.7 Å². The maximum Gasteiger partial charge on any atom is 0.101 e. The van der Waals surface area contributed by atoms with Crippen LogP contribution in [0, 0.1) is 0 Å². The Labute approximate surface area is 155 Å². The summed E-state index contributed by atoms with van der Waals surface area (Å²) in [6.07, 6.45) is 2.34. The van der Waals surface area contributed by atoms with E-state index in [4.69, 9.17) is 0 Å². The van der Waals surface area contributed by atoms with Gasteiger partial charge in [0, 0.05) is 20.4 Å². The van der Waals surface area contributed by atoms with Gasteiger partial charge in [0.25, 0.3) is 0 Å². The fraction of sp³-hybridized carbons (Fsp3) is 0.200. The topological polar surface area (TPSA) is 0 Å². The summed E-state index contributed by atoms with van der Waals surface area (Å²) >= 11 is 7.65. The van der Waals surface area contributed by atoms with E-state index in [9.17, 15) is 0 Å². The molecule has 0 heterocycles. The molecular formula is C15H16Br2P2Pd. The molecule has 0 saturated carbocycles. The van der Waals surface area contributed by atoms with E-state index in [2.05, 4.69) is 92.5 Å². The summed E-state index contributed by atoms with van der Waals surface area (Å²) in [5.74, 6) is 0. The third-order valence-corrected chi connectivity index (χ3v) is 7.10. The van der Waals surface area contributed by atoms with Gasteiger partial charge in [-0.05, 0) is 23.2 Å². The summed E-state index contributed by atoms with van der Waals surface area (Å²) in [6.45, 7) is 0. The normalized spacial score (nSPS) is 12.1. The Kier molecular flexibility index (Phi) is 9.33. The van der Waals surface area contributed by atoms with Crippen molar-refractivity contribution in [2.45, 2.75) is 9.40 Å². The summed E-state index contributed by atoms with van der Waals surface area (Å²) < 4.78 is 0.0448. The molecule has 2 unspecified atom stereocenters. The van der Waals surface area contributed by atoms with Crippen LogP contribution in [-0.2, 0) is 20.4 Å². The van der Waals surface area contributed by atoms with Crippen molar-refractivity contribution in [3.8, 4) is 0 Å². The predicted molar refractivity (Wildman–Crippen MR) is 98.9 cm³/mol. The minimum absolute atomic E-state index is 0. The van der Waals surface area contributed by atoms with Crippen molar-refractivity contribution in [2.75, 3.05) is 6.16 Å². The number of halogens is 2. The zero-order valence-electron chi connectivity index (χ0n) is 10.8. The molecule has 0 radical (unpaired) electrons. The van der Waals surface area contributed by atoms with Gasteiger partial charge < -0.3 is 0 Å². The Bertz CT molecular complexity index is 492. The Morgan fingerprint density at radius 3 is 1.85 bits per heavy atom. The van der Waals surface area contributed by atoms with Crippen molar-refractivity contribution >= 4 is 59.6 Å². The third kappa shape index (κ3) is 7.27. The average molecular weight is 524 g/mol. The zero-order chi connectivity index (χ0) is 13.6. The molecule has 0 amide bonds. The van der Waals surface area contributed by atoms with Gasteiger partial charge in [-0.15, -0.1) is 0 Å². The standard InChI is InChI=1S/C15H16Br2P2.Pd/c16-15(17,19-14-9-5-2-6-10-14)11-12-18-13-7-3-1-4-8-13;/h1-10,18-19H,11-12H2;. The molecule has 0 aliphatic carbocycles. The van der Waals surface area contributed by atoms with Crippen molar-refractivity contribution in [3.05, 3.63) is 60.7 Å². The number of benzene rings is 2. The Morgan fingerprint density at radius 2 is 1.30 bits per heavy atom. The number of rotatable bonds is 6. The summed E-state index contributed by atoms with van der Waals surface area (Å²) in [7, 11) is 1.62. The van der Waals surface area contributed by atoms with E-state index in [-0.39, 0.29) is 23.4 Å². The van der Waals surface area contributed by atoms with Crippen molar-refractivity contribution in [3.63, 3.8) is 0 Å². The average Bonchev–Trinajstić information content (AvgIpc) is 2.40. The molecule has 2 atom stereocenters. The molecule has 0 nitrogen and oxygen atoms in total. The first-order valence-electron chi connectivity index (χ1n) is 6.16. The second-order valence-corrected chi connectivity index (χ2v) is 12.6. The maximum atomic E-state index is 3.83. The van der Waals surface area contributed by atoms with Crippen LogP contribution in [-0.4, -0.2) is 9.14 Å². The molecule has 20 heavy (non-hydrogen) atoms. The van der Waals surface area contributed by atoms with Gasteiger partial charge in [-0.25, -0.2) is 0 Å². The van der Waals surface area contributed by atoms with E-state index in [1.165, 1.54) is 16.8 Å². The molecule has 0 aliphatic heterocycles. The van der Waals surface area contributed by atoms with Gasteiger partial charge in [0.15, 0.2) is 0 Å². The molecule has 2 aromatic carbocycles. The largest absolute Gasteiger partial charge is 0.101 e. The first-order valence-corrected chi connectivity index (χ1v) is 9.95. The third-order valence-electron chi connectivity index (χ3n) is 2.64. The fourth-order valence-electron chi connectivity index (χ4n) is 1.71. The smallest absolute Gasteiger partial charge is 0.0903 e. The minimum Gasteiger partial charge on any atom is -0.0903 e. The molecule has 0 N–H and O–H groups in total. The van der Waals surface area contributed by atoms with Gasteiger partial charge in [0.05, 0.1) is 0 Å². The van der Waals surface area contributed by atoms with Crippen LogP contribution in [0.2, 0.25) is 0 Å². The summed E-state index contributed by atoms with van der Waals surface area (Å²) in [4.78, 5) is 0. The van der Waals surface area contributed by atoms with E-state index >= 15 is 0 Å². The molecule has 0 aliphatic rings. The first-order chi connectivity index (χ1) is 9.16. The van der Waals surface area contributed by atoms with Crippen LogP contribution in [0.4, 0.5) is 0 Å². The Balaban J connectivity index is 0.00000200. The molecule has 110 valence electrons. The predicted octanol–water partition coefficient (Wildman–Crippen LogP) is 4.83. The zero-order valence-corrected chi connectivity index (χ0v) is 17.5. The molecule has 5 heteroatoms. The molecule has 0 bridgehead atoms. The minimum atomic E-state index is 0. The van der Waals surface area contributed by atoms with Crippen molar-refractivity contribution < 1.29 is 20.4 Å². The fourth-order valence-corrected chi connectivity index (χ4v) is 6.72. The van der Waals surface area contributed by atoms with Crippen LogP contribution < -0.4 is 10.6 Å². The van der Waals surface area contributed by atoms with E-state index in [0.717, 1.165) is 23.6 Å². The van der Waals surface area contributed by atoms with Crippen molar-refractivity contribution in [2.24, 2.45) is 0 Å². The van der Waals surface area contributed by atoms with Crippen molar-refractivity contribution in [1.29, 1.82) is 0 Å². The van der Waals surface area contributed by atoms with Crippen LogP contribution in [0.25, 0.3) is 0 Å². The summed E-state index contributed by atoms with van der Waals surface area (Å²) in [5.41, 5.74) is 0. The second-order valence-electron chi connectivity index (χ2n) is 4.24. The monoisotopic (exact) mass is 522 g/mol. The van der Waals surface area contributed by atoms with Crippen LogP contribution in [0.3, 0.4) is 0 Å². The Morgan fingerprint density at radius 1 is 0.800 bits per heavy atom. The van der Waals surface area contributed by atoms with Crippen molar-refractivity contribution in [1.82, 2.24) is 0 Å². The quantitative estimate of drug-likeness (QED) is 0.289. The second kappa shape index (κ2) is 9.84. The molecule has 0 spiro atoms. The molecule has 0 aromatic heterocycles. The summed E-state index contributed by atoms with van der Waals surface area (Å²) in [5, 5.41) is 2.83. The van der Waals surface area contributed by atoms with E-state index in [1.807, 2.05) is 0 Å². The number of hydrogen-bond acceptors (Lipinski definition) is 0. The van der Waals surface area contributed by atoms with Gasteiger partial charge in [0.1, 0.15) is 2.97 Å². The molecule has 0 saturated heterocycles. The van der Waals surface area contributed by atoms with E-state index in [1.54, 1.807) is 0 Å². The van der Waals surface area contributed by atoms with Crippen LogP contribution in [0.1, 0.15) is 6.42 Å². The van der Waals surface area contributed by atoms with Crippen LogP contribution in [0.5, 0.6) is 0 Å². The molecule has 0 fully saturated rings. The maximum absolute atomic E-state index is 3.83. The molecule has 2 aromatic rings.